The lowest BCUT2D eigenvalue weighted by Gasteiger charge is -2.31. The largest absolute Gasteiger partial charge is 0.362 e. The number of hydrogen-bond acceptors (Lipinski definition) is 4. The molecule has 27 heavy (non-hydrogen) atoms. The van der Waals surface area contributed by atoms with Crippen LogP contribution in [0.4, 0.5) is 0 Å². The van der Waals surface area contributed by atoms with Gasteiger partial charge in [0.25, 0.3) is 11.8 Å². The third-order valence-electron chi connectivity index (χ3n) is 5.34. The Labute approximate surface area is 164 Å². The van der Waals surface area contributed by atoms with Crippen molar-refractivity contribution in [2.24, 2.45) is 0 Å². The van der Waals surface area contributed by atoms with Crippen LogP contribution in [0.2, 0.25) is 0 Å². The number of carbonyl (C=O) groups is 2. The minimum atomic E-state index is -0.132. The van der Waals surface area contributed by atoms with Crippen LogP contribution in [0.3, 0.4) is 0 Å². The normalized spacial score (nSPS) is 17.1. The zero-order valence-corrected chi connectivity index (χ0v) is 16.4. The summed E-state index contributed by atoms with van der Waals surface area (Å²) in [6.07, 6.45) is 3.85. The summed E-state index contributed by atoms with van der Waals surface area (Å²) in [5.74, 6) is -0.258. The van der Waals surface area contributed by atoms with E-state index in [1.807, 2.05) is 23.6 Å². The Kier molecular flexibility index (Phi) is 5.12. The van der Waals surface area contributed by atoms with Gasteiger partial charge in [-0.25, -0.2) is 0 Å². The van der Waals surface area contributed by atoms with Gasteiger partial charge in [0, 0.05) is 24.5 Å². The number of fused-ring (bicyclic) bond motifs is 1. The van der Waals surface area contributed by atoms with Crippen molar-refractivity contribution in [2.75, 3.05) is 13.1 Å². The molecule has 2 aliphatic rings. The van der Waals surface area contributed by atoms with Gasteiger partial charge in [-0.2, -0.15) is 0 Å². The van der Waals surface area contributed by atoms with Crippen molar-refractivity contribution in [3.63, 3.8) is 0 Å². The smallest absolute Gasteiger partial charge is 0.277 e. The monoisotopic (exact) mass is 380 g/mol. The molecule has 0 atom stereocenters. The van der Waals surface area contributed by atoms with E-state index in [9.17, 15) is 9.59 Å². The number of hydrogen-bond donors (Lipinski definition) is 0. The molecule has 0 unspecified atom stereocenters. The molecule has 3 heterocycles. The molecule has 0 spiro atoms. The van der Waals surface area contributed by atoms with E-state index < -0.39 is 0 Å². The zero-order chi connectivity index (χ0) is 18.8. The lowest BCUT2D eigenvalue weighted by Crippen LogP contribution is -2.37. The van der Waals surface area contributed by atoms with Gasteiger partial charge in [0.1, 0.15) is 5.70 Å². The van der Waals surface area contributed by atoms with Gasteiger partial charge in [-0.3, -0.25) is 14.5 Å². The highest BCUT2D eigenvalue weighted by atomic mass is 32.1. The summed E-state index contributed by atoms with van der Waals surface area (Å²) < 4.78 is 0. The Bertz CT molecular complexity index is 885. The molecular formula is C22H24N2O2S. The van der Waals surface area contributed by atoms with E-state index in [0.717, 1.165) is 37.1 Å². The number of imide groups is 1. The average Bonchev–Trinajstić information content (AvgIpc) is 3.29. The third-order valence-corrected chi connectivity index (χ3v) is 6.23. The molecule has 2 aromatic rings. The van der Waals surface area contributed by atoms with Gasteiger partial charge in [-0.1, -0.05) is 50.1 Å². The molecule has 0 saturated carbocycles. The highest BCUT2D eigenvalue weighted by molar-refractivity contribution is 7.11. The number of carbonyl (C=O) groups excluding carboxylic acids is 2. The van der Waals surface area contributed by atoms with Crippen LogP contribution in [0.5, 0.6) is 0 Å². The first kappa shape index (κ1) is 18.0. The summed E-state index contributed by atoms with van der Waals surface area (Å²) in [5, 5.41) is 1.96. The predicted molar refractivity (Wildman–Crippen MR) is 108 cm³/mol. The summed E-state index contributed by atoms with van der Waals surface area (Å²) in [5.41, 5.74) is 3.76. The van der Waals surface area contributed by atoms with Crippen molar-refractivity contribution < 1.29 is 9.59 Å². The van der Waals surface area contributed by atoms with Gasteiger partial charge >= 0.3 is 0 Å². The predicted octanol–water partition coefficient (Wildman–Crippen LogP) is 4.08. The maximum absolute atomic E-state index is 13.2. The van der Waals surface area contributed by atoms with Gasteiger partial charge in [0.2, 0.25) is 0 Å². The van der Waals surface area contributed by atoms with E-state index >= 15 is 0 Å². The Morgan fingerprint density at radius 3 is 2.56 bits per heavy atom. The van der Waals surface area contributed by atoms with Crippen LogP contribution in [0, 0.1) is 0 Å². The fourth-order valence-corrected chi connectivity index (χ4v) is 4.67. The number of amides is 2. The Hall–Kier alpha value is -2.40. The fraction of sp³-hybridized carbons (Fsp3) is 0.364. The van der Waals surface area contributed by atoms with Crippen LogP contribution in [0.15, 0.2) is 47.5 Å². The summed E-state index contributed by atoms with van der Waals surface area (Å²) in [4.78, 5) is 30.8. The molecule has 4 rings (SSSR count). The van der Waals surface area contributed by atoms with Gasteiger partial charge < -0.3 is 4.90 Å². The standard InChI is InChI=1S/C22H24N2O2S/c1-2-3-6-12-24-21(25)19(18-10-7-14-27-18)20(22(24)26)23-13-11-16-8-4-5-9-17(16)15-23/h4-5,7-10,14H,2-3,6,11-13,15H2,1H3. The molecule has 0 N–H and O–H groups in total. The van der Waals surface area contributed by atoms with Crippen LogP contribution >= 0.6 is 11.3 Å². The van der Waals surface area contributed by atoms with Gasteiger partial charge in [0.15, 0.2) is 0 Å². The molecule has 140 valence electrons. The van der Waals surface area contributed by atoms with E-state index in [1.54, 1.807) is 0 Å². The minimum absolute atomic E-state index is 0.126. The maximum Gasteiger partial charge on any atom is 0.277 e. The molecule has 2 amide bonds. The Balaban J connectivity index is 1.69. The second kappa shape index (κ2) is 7.69. The average molecular weight is 381 g/mol. The highest BCUT2D eigenvalue weighted by Gasteiger charge is 2.42. The van der Waals surface area contributed by atoms with Crippen LogP contribution in [0.1, 0.15) is 42.2 Å². The van der Waals surface area contributed by atoms with E-state index in [0.29, 0.717) is 24.4 Å². The highest BCUT2D eigenvalue weighted by Crippen LogP contribution is 2.36. The van der Waals surface area contributed by atoms with Crippen LogP contribution in [0.25, 0.3) is 5.57 Å². The molecule has 2 aliphatic heterocycles. The number of unbranched alkanes of at least 4 members (excludes halogenated alkanes) is 2. The molecule has 4 nitrogen and oxygen atoms in total. The first-order valence-corrected chi connectivity index (χ1v) is 10.5. The Morgan fingerprint density at radius 2 is 1.81 bits per heavy atom. The van der Waals surface area contributed by atoms with Crippen molar-refractivity contribution in [2.45, 2.75) is 39.2 Å². The van der Waals surface area contributed by atoms with Gasteiger partial charge in [-0.15, -0.1) is 11.3 Å². The lowest BCUT2D eigenvalue weighted by molar-refractivity contribution is -0.137. The van der Waals surface area contributed by atoms with Crippen molar-refractivity contribution in [1.82, 2.24) is 9.80 Å². The zero-order valence-electron chi connectivity index (χ0n) is 15.6. The van der Waals surface area contributed by atoms with Crippen LogP contribution in [-0.4, -0.2) is 34.7 Å². The minimum Gasteiger partial charge on any atom is -0.362 e. The van der Waals surface area contributed by atoms with Crippen molar-refractivity contribution in [1.29, 1.82) is 0 Å². The first-order chi connectivity index (χ1) is 13.2. The molecule has 0 bridgehead atoms. The van der Waals surface area contributed by atoms with Crippen molar-refractivity contribution in [3.05, 3.63) is 63.5 Å². The molecule has 0 fully saturated rings. The van der Waals surface area contributed by atoms with E-state index in [1.165, 1.54) is 27.4 Å². The van der Waals surface area contributed by atoms with E-state index in [4.69, 9.17) is 0 Å². The molecular weight excluding hydrogens is 356 g/mol. The second-order valence-electron chi connectivity index (χ2n) is 7.11. The molecule has 5 heteroatoms. The van der Waals surface area contributed by atoms with Crippen molar-refractivity contribution >= 4 is 28.7 Å². The second-order valence-corrected chi connectivity index (χ2v) is 8.06. The number of thiophene rings is 1. The van der Waals surface area contributed by atoms with Crippen molar-refractivity contribution in [3.8, 4) is 0 Å². The molecule has 1 aromatic carbocycles. The fourth-order valence-electron chi connectivity index (χ4n) is 3.91. The summed E-state index contributed by atoms with van der Waals surface area (Å²) in [7, 11) is 0. The summed E-state index contributed by atoms with van der Waals surface area (Å²) >= 11 is 1.53. The van der Waals surface area contributed by atoms with Gasteiger partial charge in [-0.05, 0) is 35.4 Å². The number of rotatable bonds is 6. The molecule has 0 aliphatic carbocycles. The first-order valence-electron chi connectivity index (χ1n) is 9.66. The molecule has 1 aromatic heterocycles. The SMILES string of the molecule is CCCCCN1C(=O)C(c2cccs2)=C(N2CCc3ccccc3C2)C1=O. The van der Waals surface area contributed by atoms with Crippen LogP contribution < -0.4 is 0 Å². The molecule has 0 radical (unpaired) electrons. The van der Waals surface area contributed by atoms with E-state index in [-0.39, 0.29) is 11.8 Å². The van der Waals surface area contributed by atoms with Crippen LogP contribution in [-0.2, 0) is 22.6 Å². The topological polar surface area (TPSA) is 40.6 Å². The number of benzene rings is 1. The lowest BCUT2D eigenvalue weighted by atomic mass is 9.99. The third kappa shape index (κ3) is 3.32. The Morgan fingerprint density at radius 1 is 1.00 bits per heavy atom. The van der Waals surface area contributed by atoms with Gasteiger partial charge in [0.05, 0.1) is 5.57 Å². The summed E-state index contributed by atoms with van der Waals surface area (Å²) in [6.45, 7) is 4.08. The quantitative estimate of drug-likeness (QED) is 0.560. The van der Waals surface area contributed by atoms with E-state index in [2.05, 4.69) is 30.0 Å². The maximum atomic E-state index is 13.2. The number of nitrogens with zero attached hydrogens (tertiary/aromatic N) is 2. The summed E-state index contributed by atoms with van der Waals surface area (Å²) in [6, 6.07) is 12.2. The molecule has 0 saturated heterocycles.